The van der Waals surface area contributed by atoms with Gasteiger partial charge < -0.3 is 9.84 Å². The van der Waals surface area contributed by atoms with E-state index in [1.165, 1.54) is 21.8 Å². The van der Waals surface area contributed by atoms with E-state index in [9.17, 15) is 13.9 Å². The number of aliphatic hydroxyl groups excluding tert-OH is 1. The van der Waals surface area contributed by atoms with Gasteiger partial charge in [-0.2, -0.15) is 0 Å². The molecule has 0 bridgehead atoms. The normalized spacial score (nSPS) is 30.2. The van der Waals surface area contributed by atoms with E-state index in [-0.39, 0.29) is 18.1 Å². The summed E-state index contributed by atoms with van der Waals surface area (Å²) >= 11 is 1.53. The van der Waals surface area contributed by atoms with Crippen molar-refractivity contribution in [1.29, 1.82) is 0 Å². The summed E-state index contributed by atoms with van der Waals surface area (Å²) in [4.78, 5) is 4.39. The van der Waals surface area contributed by atoms with Crippen LogP contribution in [0, 0.1) is 0 Å². The molecule has 0 aromatic carbocycles. The van der Waals surface area contributed by atoms with Crippen molar-refractivity contribution in [3.63, 3.8) is 0 Å². The molecule has 6 heteroatoms. The number of aliphatic hydroxyl groups is 1. The lowest BCUT2D eigenvalue weighted by atomic mass is 9.84. The Balaban J connectivity index is 1.50. The highest BCUT2D eigenvalue weighted by atomic mass is 32.1. The van der Waals surface area contributed by atoms with E-state index in [1.54, 1.807) is 0 Å². The summed E-state index contributed by atoms with van der Waals surface area (Å²) in [5, 5.41) is 10.1. The van der Waals surface area contributed by atoms with Crippen LogP contribution < -0.4 is 0 Å². The van der Waals surface area contributed by atoms with Gasteiger partial charge in [0.25, 0.3) is 0 Å². The van der Waals surface area contributed by atoms with Gasteiger partial charge in [-0.1, -0.05) is 0 Å². The number of hydrogen-bond donors (Lipinski definition) is 1. The number of likely N-dealkylation sites (tertiary alicyclic amines) is 1. The molecule has 24 heavy (non-hydrogen) atoms. The Morgan fingerprint density at radius 1 is 1.33 bits per heavy atom. The summed E-state index contributed by atoms with van der Waals surface area (Å²) in [5.41, 5.74) is 0.940. The largest absolute Gasteiger partial charge is 0.391 e. The van der Waals surface area contributed by atoms with Crippen LogP contribution in [0.4, 0.5) is 8.78 Å². The summed E-state index contributed by atoms with van der Waals surface area (Å²) < 4.78 is 31.7. The van der Waals surface area contributed by atoms with Gasteiger partial charge in [-0.15, -0.1) is 11.3 Å². The van der Waals surface area contributed by atoms with Gasteiger partial charge in [0.15, 0.2) is 0 Å². The predicted octanol–water partition coefficient (Wildman–Crippen LogP) is 3.33. The minimum Gasteiger partial charge on any atom is -0.391 e. The zero-order valence-corrected chi connectivity index (χ0v) is 14.7. The number of ether oxygens (including phenoxy) is 1. The maximum Gasteiger partial charge on any atom is 0.243 e. The van der Waals surface area contributed by atoms with Crippen LogP contribution in [0.15, 0.2) is 6.07 Å². The molecule has 1 saturated carbocycles. The predicted molar refractivity (Wildman–Crippen MR) is 89.8 cm³/mol. The highest BCUT2D eigenvalue weighted by Gasteiger charge is 2.44. The number of thiophene rings is 1. The Morgan fingerprint density at radius 2 is 2.12 bits per heavy atom. The van der Waals surface area contributed by atoms with Gasteiger partial charge >= 0.3 is 0 Å². The molecule has 4 rings (SSSR count). The Hall–Kier alpha value is -0.560. The van der Waals surface area contributed by atoms with E-state index in [2.05, 4.69) is 4.90 Å². The van der Waals surface area contributed by atoms with Crippen molar-refractivity contribution in [3.05, 3.63) is 21.4 Å². The van der Waals surface area contributed by atoms with Crippen LogP contribution >= 0.6 is 11.3 Å². The summed E-state index contributed by atoms with van der Waals surface area (Å²) in [6.07, 6.45) is 3.11. The molecule has 1 saturated heterocycles. The van der Waals surface area contributed by atoms with Crippen LogP contribution in [0.3, 0.4) is 0 Å². The molecule has 3 nitrogen and oxygen atoms in total. The molecule has 2 unspecified atom stereocenters. The Kier molecular flexibility index (Phi) is 4.67. The van der Waals surface area contributed by atoms with E-state index in [1.807, 2.05) is 6.07 Å². The van der Waals surface area contributed by atoms with E-state index in [0.717, 1.165) is 56.5 Å². The molecule has 2 fully saturated rings. The number of halogens is 2. The van der Waals surface area contributed by atoms with Crippen LogP contribution in [0.1, 0.15) is 47.4 Å². The molecule has 1 aromatic heterocycles. The van der Waals surface area contributed by atoms with Gasteiger partial charge in [0.2, 0.25) is 6.43 Å². The Morgan fingerprint density at radius 3 is 2.79 bits per heavy atom. The van der Waals surface area contributed by atoms with Gasteiger partial charge in [-0.3, -0.25) is 4.90 Å². The first-order chi connectivity index (χ1) is 11.6. The fourth-order valence-electron chi connectivity index (χ4n) is 4.67. The van der Waals surface area contributed by atoms with Crippen LogP contribution in [0.5, 0.6) is 0 Å². The topological polar surface area (TPSA) is 32.7 Å². The first kappa shape index (κ1) is 16.9. The summed E-state index contributed by atoms with van der Waals surface area (Å²) in [7, 11) is 0. The van der Waals surface area contributed by atoms with Crippen molar-refractivity contribution in [3.8, 4) is 0 Å². The maximum atomic E-state index is 12.7. The molecule has 1 N–H and O–H groups in total. The van der Waals surface area contributed by atoms with Crippen molar-refractivity contribution in [1.82, 2.24) is 4.90 Å². The lowest BCUT2D eigenvalue weighted by Crippen LogP contribution is -2.51. The number of hydrogen-bond acceptors (Lipinski definition) is 4. The van der Waals surface area contributed by atoms with Gasteiger partial charge in [-0.25, -0.2) is 8.78 Å². The van der Waals surface area contributed by atoms with Crippen LogP contribution in [-0.4, -0.2) is 48.3 Å². The average molecular weight is 357 g/mol. The standard InChI is InChI=1S/C18H25F2NO2S/c19-16(20)11-13-10-12-4-9-23-18(17(12)24-13)5-7-21(8-6-18)14-2-1-3-15(14)22/h10,14-16,22H,1-9,11H2. The minimum atomic E-state index is -2.28. The fourth-order valence-corrected chi connectivity index (χ4v) is 6.08. The van der Waals surface area contributed by atoms with E-state index >= 15 is 0 Å². The second-order valence-electron chi connectivity index (χ2n) is 7.36. The molecule has 1 spiro atoms. The van der Waals surface area contributed by atoms with Crippen molar-refractivity contribution in [2.45, 2.75) is 69.1 Å². The summed E-state index contributed by atoms with van der Waals surface area (Å²) in [6.45, 7) is 2.52. The van der Waals surface area contributed by atoms with Crippen LogP contribution in [0.2, 0.25) is 0 Å². The van der Waals surface area contributed by atoms with Crippen molar-refractivity contribution >= 4 is 11.3 Å². The minimum absolute atomic E-state index is 0.145. The van der Waals surface area contributed by atoms with E-state index < -0.39 is 6.43 Å². The van der Waals surface area contributed by atoms with Crippen LogP contribution in [0.25, 0.3) is 0 Å². The first-order valence-electron chi connectivity index (χ1n) is 9.04. The summed E-state index contributed by atoms with van der Waals surface area (Å²) in [5.74, 6) is 0. The molecule has 2 atom stereocenters. The SMILES string of the molecule is OC1CCCC1N1CCC2(CC1)OCCc1cc(CC(F)F)sc12. The zero-order chi connectivity index (χ0) is 16.7. The third-order valence-electron chi connectivity index (χ3n) is 5.90. The van der Waals surface area contributed by atoms with E-state index in [4.69, 9.17) is 4.74 Å². The molecular formula is C18H25F2NO2S. The molecular weight excluding hydrogens is 332 g/mol. The third-order valence-corrected chi connectivity index (χ3v) is 7.28. The molecule has 134 valence electrons. The van der Waals surface area contributed by atoms with Gasteiger partial charge in [0, 0.05) is 35.3 Å². The van der Waals surface area contributed by atoms with Crippen LogP contribution in [-0.2, 0) is 23.2 Å². The Bertz CT molecular complexity index is 584. The number of fused-ring (bicyclic) bond motifs is 2. The fraction of sp³-hybridized carbons (Fsp3) is 0.778. The second-order valence-corrected chi connectivity index (χ2v) is 8.49. The second kappa shape index (κ2) is 6.63. The van der Waals surface area contributed by atoms with Crippen molar-refractivity contribution < 1.29 is 18.6 Å². The highest BCUT2D eigenvalue weighted by molar-refractivity contribution is 7.12. The lowest BCUT2D eigenvalue weighted by molar-refractivity contribution is -0.104. The lowest BCUT2D eigenvalue weighted by Gasteiger charge is -2.45. The maximum absolute atomic E-state index is 12.7. The number of rotatable bonds is 3. The van der Waals surface area contributed by atoms with E-state index in [0.29, 0.717) is 12.6 Å². The highest BCUT2D eigenvalue weighted by Crippen LogP contribution is 2.46. The molecule has 3 aliphatic rings. The Labute approximate surface area is 145 Å². The van der Waals surface area contributed by atoms with Gasteiger partial charge in [0.05, 0.1) is 12.7 Å². The van der Waals surface area contributed by atoms with Gasteiger partial charge in [-0.05, 0) is 50.2 Å². The molecule has 2 aliphatic heterocycles. The monoisotopic (exact) mass is 357 g/mol. The summed E-state index contributed by atoms with van der Waals surface area (Å²) in [6, 6.07) is 2.27. The average Bonchev–Trinajstić information content (AvgIpc) is 3.14. The van der Waals surface area contributed by atoms with Crippen molar-refractivity contribution in [2.24, 2.45) is 0 Å². The molecule has 1 aliphatic carbocycles. The molecule has 0 amide bonds. The number of nitrogens with zero attached hydrogens (tertiary/aromatic N) is 1. The molecule has 3 heterocycles. The molecule has 0 radical (unpaired) electrons. The molecule has 1 aromatic rings. The third kappa shape index (κ3) is 3.02. The smallest absolute Gasteiger partial charge is 0.243 e. The quantitative estimate of drug-likeness (QED) is 0.901. The zero-order valence-electron chi connectivity index (χ0n) is 13.8. The number of piperidine rings is 1. The van der Waals surface area contributed by atoms with Crippen molar-refractivity contribution in [2.75, 3.05) is 19.7 Å². The van der Waals surface area contributed by atoms with Gasteiger partial charge in [0.1, 0.15) is 5.60 Å². The number of alkyl halides is 2. The first-order valence-corrected chi connectivity index (χ1v) is 9.85.